The third-order valence-corrected chi connectivity index (χ3v) is 5.74. The van der Waals surface area contributed by atoms with Gasteiger partial charge in [-0.05, 0) is 49.9 Å². The summed E-state index contributed by atoms with van der Waals surface area (Å²) in [5.74, 6) is -1.06. The molecule has 2 amide bonds. The summed E-state index contributed by atoms with van der Waals surface area (Å²) in [6.45, 7) is 20.2. The van der Waals surface area contributed by atoms with Crippen molar-refractivity contribution in [1.82, 2.24) is 10.6 Å². The van der Waals surface area contributed by atoms with E-state index in [2.05, 4.69) is 37.6 Å². The van der Waals surface area contributed by atoms with Gasteiger partial charge in [-0.3, -0.25) is 0 Å². The van der Waals surface area contributed by atoms with Gasteiger partial charge in [-0.1, -0.05) is 47.8 Å². The molecule has 210 valence electrons. The largest absolute Gasteiger partial charge is 0.458 e. The molecule has 10 nitrogen and oxygen atoms in total. The van der Waals surface area contributed by atoms with Crippen molar-refractivity contribution in [1.29, 1.82) is 0 Å². The molecule has 0 aromatic heterocycles. The third-order valence-electron chi connectivity index (χ3n) is 5.74. The molecule has 1 rings (SSSR count). The van der Waals surface area contributed by atoms with Crippen LogP contribution in [0, 0.1) is 16.7 Å². The van der Waals surface area contributed by atoms with Gasteiger partial charge >= 0.3 is 24.1 Å². The van der Waals surface area contributed by atoms with Crippen molar-refractivity contribution in [3.63, 3.8) is 0 Å². The second-order valence-corrected chi connectivity index (χ2v) is 11.5. The van der Waals surface area contributed by atoms with Gasteiger partial charge in [0.25, 0.3) is 0 Å². The highest BCUT2D eigenvalue weighted by molar-refractivity contribution is 5.87. The normalized spacial score (nSPS) is 20.5. The molecule has 0 heterocycles. The second kappa shape index (κ2) is 14.0. The zero-order valence-electron chi connectivity index (χ0n) is 23.4. The molecule has 1 aliphatic rings. The van der Waals surface area contributed by atoms with Gasteiger partial charge in [0.1, 0.15) is 13.2 Å². The van der Waals surface area contributed by atoms with Crippen LogP contribution in [-0.4, -0.2) is 62.6 Å². The number of carbonyl (C=O) groups is 4. The van der Waals surface area contributed by atoms with Crippen LogP contribution in [-0.2, 0) is 28.5 Å². The first kappa shape index (κ1) is 32.0. The number of amides is 2. The summed E-state index contributed by atoms with van der Waals surface area (Å²) in [5.41, 5.74) is -0.0344. The predicted octanol–water partition coefficient (Wildman–Crippen LogP) is 4.29. The summed E-state index contributed by atoms with van der Waals surface area (Å²) in [7, 11) is 0. The molecule has 0 spiro atoms. The van der Waals surface area contributed by atoms with Gasteiger partial charge in [0.2, 0.25) is 0 Å². The fraction of sp³-hybridized carbons (Fsp3) is 0.704. The first-order chi connectivity index (χ1) is 17.0. The van der Waals surface area contributed by atoms with E-state index >= 15 is 0 Å². The van der Waals surface area contributed by atoms with E-state index < -0.39 is 30.2 Å². The minimum absolute atomic E-state index is 0.0788. The Hall–Kier alpha value is -3.04. The van der Waals surface area contributed by atoms with E-state index in [0.29, 0.717) is 13.0 Å². The highest BCUT2D eigenvalue weighted by atomic mass is 16.6. The number of esters is 2. The van der Waals surface area contributed by atoms with Gasteiger partial charge in [0.15, 0.2) is 6.10 Å². The molecule has 0 bridgehead atoms. The highest BCUT2D eigenvalue weighted by Crippen LogP contribution is 2.45. The van der Waals surface area contributed by atoms with Gasteiger partial charge in [0.05, 0.1) is 6.61 Å². The Balaban J connectivity index is 2.75. The van der Waals surface area contributed by atoms with Crippen LogP contribution < -0.4 is 10.6 Å². The first-order valence-electron chi connectivity index (χ1n) is 12.5. The zero-order valence-corrected chi connectivity index (χ0v) is 23.4. The van der Waals surface area contributed by atoms with Crippen molar-refractivity contribution in [3.05, 3.63) is 24.3 Å². The van der Waals surface area contributed by atoms with Crippen molar-refractivity contribution in [2.75, 3.05) is 26.4 Å². The molecule has 1 fully saturated rings. The van der Waals surface area contributed by atoms with E-state index in [1.54, 1.807) is 0 Å². The molecule has 2 N–H and O–H groups in total. The number of ether oxygens (including phenoxy) is 4. The first-order valence-corrected chi connectivity index (χ1v) is 12.5. The minimum atomic E-state index is -1.02. The number of rotatable bonds is 12. The van der Waals surface area contributed by atoms with Gasteiger partial charge < -0.3 is 29.6 Å². The van der Waals surface area contributed by atoms with Crippen LogP contribution in [0.2, 0.25) is 0 Å². The number of carbonyl (C=O) groups excluding carboxylic acids is 4. The lowest BCUT2D eigenvalue weighted by atomic mass is 9.62. The van der Waals surface area contributed by atoms with E-state index in [0.717, 1.165) is 12.8 Å². The van der Waals surface area contributed by atoms with Gasteiger partial charge in [0, 0.05) is 23.7 Å². The SMILES string of the molecule is C=C(C)C(=O)OCC(COC(=O)C(=C)C)OC(=O)NCC1(C)CC(NC(=O)OCC(C)C)CC(C)(C)C1. The smallest absolute Gasteiger partial charge is 0.407 e. The van der Waals surface area contributed by atoms with Crippen molar-refractivity contribution in [3.8, 4) is 0 Å². The minimum Gasteiger partial charge on any atom is -0.458 e. The van der Waals surface area contributed by atoms with Crippen molar-refractivity contribution >= 4 is 24.1 Å². The lowest BCUT2D eigenvalue weighted by Crippen LogP contribution is -2.51. The molecule has 2 unspecified atom stereocenters. The van der Waals surface area contributed by atoms with Crippen LogP contribution in [0.5, 0.6) is 0 Å². The molecule has 1 saturated carbocycles. The topological polar surface area (TPSA) is 129 Å². The number of nitrogens with one attached hydrogen (secondary N) is 2. The molecule has 1 aliphatic carbocycles. The summed E-state index contributed by atoms with van der Waals surface area (Å²) in [4.78, 5) is 48.4. The van der Waals surface area contributed by atoms with E-state index in [1.165, 1.54) is 13.8 Å². The lowest BCUT2D eigenvalue weighted by Gasteiger charge is -2.46. The van der Waals surface area contributed by atoms with Gasteiger partial charge in [-0.25, -0.2) is 19.2 Å². The molecule has 0 aromatic carbocycles. The van der Waals surface area contributed by atoms with Crippen molar-refractivity contribution in [2.24, 2.45) is 16.7 Å². The van der Waals surface area contributed by atoms with E-state index in [-0.39, 0.29) is 53.7 Å². The molecule has 2 atom stereocenters. The van der Waals surface area contributed by atoms with E-state index in [9.17, 15) is 19.2 Å². The van der Waals surface area contributed by atoms with Crippen LogP contribution in [0.3, 0.4) is 0 Å². The molecule has 0 saturated heterocycles. The average molecular weight is 525 g/mol. The summed E-state index contributed by atoms with van der Waals surface area (Å²) < 4.78 is 20.8. The van der Waals surface area contributed by atoms with E-state index in [1.807, 2.05) is 20.8 Å². The quantitative estimate of drug-likeness (QED) is 0.220. The maximum absolute atomic E-state index is 12.6. The average Bonchev–Trinajstić information content (AvgIpc) is 2.76. The van der Waals surface area contributed by atoms with Crippen LogP contribution in [0.15, 0.2) is 24.3 Å². The maximum atomic E-state index is 12.6. The van der Waals surface area contributed by atoms with Crippen LogP contribution in [0.1, 0.15) is 67.7 Å². The van der Waals surface area contributed by atoms with Crippen molar-refractivity contribution in [2.45, 2.75) is 79.9 Å². The molecular formula is C27H44N2O8. The van der Waals surface area contributed by atoms with Crippen LogP contribution in [0.4, 0.5) is 9.59 Å². The van der Waals surface area contributed by atoms with Crippen molar-refractivity contribution < 1.29 is 38.1 Å². The summed E-state index contributed by atoms with van der Waals surface area (Å²) in [6, 6.07) is -0.109. The summed E-state index contributed by atoms with van der Waals surface area (Å²) in [5, 5.41) is 5.74. The molecule has 0 aromatic rings. The lowest BCUT2D eigenvalue weighted by molar-refractivity contribution is -0.147. The Labute approximate surface area is 220 Å². The third kappa shape index (κ3) is 12.7. The predicted molar refractivity (Wildman–Crippen MR) is 139 cm³/mol. The van der Waals surface area contributed by atoms with Crippen LogP contribution >= 0.6 is 0 Å². The molecule has 10 heteroatoms. The Morgan fingerprint density at radius 2 is 1.41 bits per heavy atom. The zero-order chi connectivity index (χ0) is 28.4. The second-order valence-electron chi connectivity index (χ2n) is 11.5. The Morgan fingerprint density at radius 1 is 0.865 bits per heavy atom. The Morgan fingerprint density at radius 3 is 1.89 bits per heavy atom. The maximum Gasteiger partial charge on any atom is 0.407 e. The van der Waals surface area contributed by atoms with Crippen LogP contribution in [0.25, 0.3) is 0 Å². The van der Waals surface area contributed by atoms with Gasteiger partial charge in [-0.15, -0.1) is 0 Å². The number of hydrogen-bond acceptors (Lipinski definition) is 8. The van der Waals surface area contributed by atoms with E-state index in [4.69, 9.17) is 18.9 Å². The van der Waals surface area contributed by atoms with Gasteiger partial charge in [-0.2, -0.15) is 0 Å². The number of hydrogen-bond donors (Lipinski definition) is 2. The fourth-order valence-electron chi connectivity index (χ4n) is 4.50. The fourth-order valence-corrected chi connectivity index (χ4v) is 4.50. The standard InChI is InChI=1S/C27H44N2O8/c1-17(2)12-36-25(33)29-20-10-26(7,8)15-27(9,11-20)16-28-24(32)37-21(13-34-22(30)18(3)4)14-35-23(31)19(5)6/h17,20-21H,3,5,10-16H2,1-2,4,6-9H3,(H,28,32)(H,29,33). The molecular weight excluding hydrogens is 480 g/mol. The highest BCUT2D eigenvalue weighted by Gasteiger charge is 2.42. The number of alkyl carbamates (subject to hydrolysis) is 2. The Bertz CT molecular complexity index is 836. The summed E-state index contributed by atoms with van der Waals surface area (Å²) in [6.07, 6.45) is 0.0374. The summed E-state index contributed by atoms with van der Waals surface area (Å²) >= 11 is 0. The monoisotopic (exact) mass is 524 g/mol. The Kier molecular flexibility index (Phi) is 12.1. The molecule has 0 radical (unpaired) electrons. The molecule has 37 heavy (non-hydrogen) atoms. The molecule has 0 aliphatic heterocycles.